The topological polar surface area (TPSA) is 76.8 Å². The summed E-state index contributed by atoms with van der Waals surface area (Å²) in [7, 11) is 0. The van der Waals surface area contributed by atoms with Gasteiger partial charge in [-0.1, -0.05) is 24.9 Å². The molecule has 0 saturated carbocycles. The summed E-state index contributed by atoms with van der Waals surface area (Å²) in [5, 5.41) is 1.20. The molecular weight excluding hydrogens is 228 g/mol. The molecular formula is C10H13ClN4O. The molecule has 2 rings (SSSR count). The largest absolute Gasteiger partial charge is 0.463 e. The van der Waals surface area contributed by atoms with Crippen LogP contribution in [0.4, 0.5) is 5.82 Å². The molecule has 0 saturated heterocycles. The molecule has 0 amide bonds. The smallest absolute Gasteiger partial charge is 0.320 e. The number of aromatic nitrogens is 3. The van der Waals surface area contributed by atoms with Gasteiger partial charge in [0.25, 0.3) is 0 Å². The van der Waals surface area contributed by atoms with Gasteiger partial charge in [0.05, 0.1) is 12.0 Å². The second-order valence-corrected chi connectivity index (χ2v) is 3.88. The Morgan fingerprint density at radius 3 is 3.06 bits per heavy atom. The molecule has 2 aromatic rings. The van der Waals surface area contributed by atoms with Crippen LogP contribution in [0.2, 0.25) is 5.15 Å². The van der Waals surface area contributed by atoms with Gasteiger partial charge in [0, 0.05) is 0 Å². The fourth-order valence-corrected chi connectivity index (χ4v) is 1.55. The third-order valence-corrected chi connectivity index (χ3v) is 2.40. The molecule has 2 aromatic heterocycles. The highest BCUT2D eigenvalue weighted by molar-refractivity contribution is 6.30. The molecule has 0 spiro atoms. The molecule has 0 atom stereocenters. The average molecular weight is 241 g/mol. The molecule has 0 aliphatic heterocycles. The van der Waals surface area contributed by atoms with E-state index in [2.05, 4.69) is 21.9 Å². The number of rotatable bonds is 4. The lowest BCUT2D eigenvalue weighted by molar-refractivity contribution is 0.287. The molecule has 6 heteroatoms. The highest BCUT2D eigenvalue weighted by Crippen LogP contribution is 2.23. The summed E-state index contributed by atoms with van der Waals surface area (Å²) in [4.78, 5) is 11.1. The fourth-order valence-electron chi connectivity index (χ4n) is 1.35. The van der Waals surface area contributed by atoms with Crippen LogP contribution in [0.1, 0.15) is 19.8 Å². The van der Waals surface area contributed by atoms with E-state index in [4.69, 9.17) is 22.1 Å². The van der Waals surface area contributed by atoms with Crippen LogP contribution in [0.15, 0.2) is 6.07 Å². The van der Waals surface area contributed by atoms with Gasteiger partial charge in [0.1, 0.15) is 16.6 Å². The second-order valence-electron chi connectivity index (χ2n) is 3.47. The maximum Gasteiger partial charge on any atom is 0.320 e. The first-order chi connectivity index (χ1) is 7.70. The van der Waals surface area contributed by atoms with E-state index >= 15 is 0 Å². The summed E-state index contributed by atoms with van der Waals surface area (Å²) in [6.45, 7) is 2.68. The van der Waals surface area contributed by atoms with Gasteiger partial charge < -0.3 is 15.5 Å². The summed E-state index contributed by atoms with van der Waals surface area (Å²) in [5.74, 6) is 0.375. The van der Waals surface area contributed by atoms with Crippen LogP contribution >= 0.6 is 11.6 Å². The van der Waals surface area contributed by atoms with Crippen LogP contribution in [0, 0.1) is 0 Å². The molecule has 0 unspecified atom stereocenters. The van der Waals surface area contributed by atoms with E-state index < -0.39 is 0 Å². The number of nitrogens with one attached hydrogen (secondary N) is 1. The van der Waals surface area contributed by atoms with Crippen LogP contribution in [0.25, 0.3) is 11.0 Å². The minimum Gasteiger partial charge on any atom is -0.463 e. The molecule has 0 aliphatic rings. The van der Waals surface area contributed by atoms with Gasteiger partial charge in [-0.25, -0.2) is 0 Å². The zero-order chi connectivity index (χ0) is 11.5. The van der Waals surface area contributed by atoms with Crippen LogP contribution in [0.5, 0.6) is 6.01 Å². The number of halogens is 1. The molecule has 3 N–H and O–H groups in total. The van der Waals surface area contributed by atoms with Crippen molar-refractivity contribution < 1.29 is 4.74 Å². The molecule has 0 aromatic carbocycles. The summed E-state index contributed by atoms with van der Waals surface area (Å²) < 4.78 is 5.38. The van der Waals surface area contributed by atoms with Crippen LogP contribution in [0.3, 0.4) is 0 Å². The minimum absolute atomic E-state index is 0.289. The Morgan fingerprint density at radius 2 is 2.31 bits per heavy atom. The zero-order valence-corrected chi connectivity index (χ0v) is 9.71. The second kappa shape index (κ2) is 4.57. The lowest BCUT2D eigenvalue weighted by Crippen LogP contribution is -2.03. The number of hydrogen-bond donors (Lipinski definition) is 2. The Morgan fingerprint density at radius 1 is 1.50 bits per heavy atom. The number of unbranched alkanes of at least 4 members (excludes halogenated alkanes) is 1. The van der Waals surface area contributed by atoms with Gasteiger partial charge in [-0.15, -0.1) is 0 Å². The Bertz CT molecular complexity index is 497. The summed E-state index contributed by atoms with van der Waals surface area (Å²) in [5.41, 5.74) is 6.37. The molecule has 0 radical (unpaired) electrons. The first-order valence-corrected chi connectivity index (χ1v) is 5.53. The zero-order valence-electron chi connectivity index (χ0n) is 8.96. The monoisotopic (exact) mass is 240 g/mol. The Kier molecular flexibility index (Phi) is 3.14. The summed E-state index contributed by atoms with van der Waals surface area (Å²) in [6.07, 6.45) is 2.03. The number of H-pyrrole nitrogens is 1. The molecule has 0 fully saturated rings. The highest BCUT2D eigenvalue weighted by atomic mass is 35.5. The van der Waals surface area contributed by atoms with Gasteiger partial charge in [0.15, 0.2) is 0 Å². The number of ether oxygens (including phenoxy) is 1. The standard InChI is InChI=1S/C10H13ClN4O/c1-2-3-4-16-10-14-8(12)6-5-7(11)13-9(6)15-10/h5H,2-4H2,1H3,(H3,12,13,14,15). The normalized spacial score (nSPS) is 10.9. The van der Waals surface area contributed by atoms with Crippen molar-refractivity contribution in [1.29, 1.82) is 0 Å². The SMILES string of the molecule is CCCCOc1nc(N)c2cc(Cl)[nH]c2n1. The average Bonchev–Trinajstić information content (AvgIpc) is 2.60. The number of nitrogen functional groups attached to an aromatic ring is 1. The van der Waals surface area contributed by atoms with E-state index in [0.29, 0.717) is 28.6 Å². The van der Waals surface area contributed by atoms with Crippen molar-refractivity contribution in [1.82, 2.24) is 15.0 Å². The number of hydrogen-bond acceptors (Lipinski definition) is 4. The summed E-state index contributed by atoms with van der Waals surface area (Å²) >= 11 is 5.81. The van der Waals surface area contributed by atoms with Gasteiger partial charge >= 0.3 is 6.01 Å². The van der Waals surface area contributed by atoms with Gasteiger partial charge in [-0.05, 0) is 12.5 Å². The maximum atomic E-state index is 5.81. The molecule has 86 valence electrons. The van der Waals surface area contributed by atoms with E-state index in [-0.39, 0.29) is 6.01 Å². The maximum absolute atomic E-state index is 5.81. The van der Waals surface area contributed by atoms with Crippen molar-refractivity contribution in [2.75, 3.05) is 12.3 Å². The quantitative estimate of drug-likeness (QED) is 0.805. The number of nitrogens with zero attached hydrogens (tertiary/aromatic N) is 2. The van der Waals surface area contributed by atoms with E-state index in [1.54, 1.807) is 6.07 Å². The Balaban J connectivity index is 2.27. The minimum atomic E-state index is 0.289. The van der Waals surface area contributed by atoms with Crippen molar-refractivity contribution in [2.24, 2.45) is 0 Å². The molecule has 2 heterocycles. The van der Waals surface area contributed by atoms with Crippen molar-refractivity contribution in [3.63, 3.8) is 0 Å². The first kappa shape index (κ1) is 11.0. The third-order valence-electron chi connectivity index (χ3n) is 2.19. The number of nitrogens with two attached hydrogens (primary N) is 1. The Hall–Kier alpha value is -1.49. The van der Waals surface area contributed by atoms with E-state index in [0.717, 1.165) is 12.8 Å². The molecule has 16 heavy (non-hydrogen) atoms. The fraction of sp³-hybridized carbons (Fsp3) is 0.400. The number of anilines is 1. The Labute approximate surface area is 98.0 Å². The van der Waals surface area contributed by atoms with Crippen LogP contribution in [-0.2, 0) is 0 Å². The predicted octanol–water partition coefficient (Wildman–Crippen LogP) is 2.37. The van der Waals surface area contributed by atoms with Gasteiger partial charge in [-0.3, -0.25) is 0 Å². The van der Waals surface area contributed by atoms with Gasteiger partial charge in [0.2, 0.25) is 0 Å². The van der Waals surface area contributed by atoms with Crippen molar-refractivity contribution in [2.45, 2.75) is 19.8 Å². The van der Waals surface area contributed by atoms with Crippen LogP contribution in [-0.4, -0.2) is 21.6 Å². The molecule has 0 aliphatic carbocycles. The van der Waals surface area contributed by atoms with Crippen molar-refractivity contribution in [3.8, 4) is 6.01 Å². The first-order valence-electron chi connectivity index (χ1n) is 5.15. The van der Waals surface area contributed by atoms with E-state index in [1.807, 2.05) is 0 Å². The molecule has 5 nitrogen and oxygen atoms in total. The number of fused-ring (bicyclic) bond motifs is 1. The lowest BCUT2D eigenvalue weighted by atomic mass is 10.4. The summed E-state index contributed by atoms with van der Waals surface area (Å²) in [6, 6.07) is 1.99. The lowest BCUT2D eigenvalue weighted by Gasteiger charge is -2.03. The van der Waals surface area contributed by atoms with Gasteiger partial charge in [-0.2, -0.15) is 9.97 Å². The van der Waals surface area contributed by atoms with Crippen molar-refractivity contribution >= 4 is 28.5 Å². The molecule has 0 bridgehead atoms. The van der Waals surface area contributed by atoms with Crippen molar-refractivity contribution in [3.05, 3.63) is 11.2 Å². The van der Waals surface area contributed by atoms with E-state index in [1.165, 1.54) is 0 Å². The third kappa shape index (κ3) is 2.19. The highest BCUT2D eigenvalue weighted by Gasteiger charge is 2.08. The predicted molar refractivity (Wildman–Crippen MR) is 63.7 cm³/mol. The van der Waals surface area contributed by atoms with Crippen LogP contribution < -0.4 is 10.5 Å². The van der Waals surface area contributed by atoms with E-state index in [9.17, 15) is 0 Å². The number of aromatic amines is 1.